The summed E-state index contributed by atoms with van der Waals surface area (Å²) in [6.07, 6.45) is 1.43. The summed E-state index contributed by atoms with van der Waals surface area (Å²) in [6, 6.07) is 0. The highest BCUT2D eigenvalue weighted by atomic mass is 16.4. The molecule has 2 rings (SSSR count). The molecule has 1 fully saturated rings. The van der Waals surface area contributed by atoms with Gasteiger partial charge in [0.05, 0.1) is 12.0 Å². The van der Waals surface area contributed by atoms with Crippen molar-refractivity contribution in [3.8, 4) is 0 Å². The molecule has 1 aliphatic carbocycles. The number of hydrogen-bond acceptors (Lipinski definition) is 4. The summed E-state index contributed by atoms with van der Waals surface area (Å²) in [6.45, 7) is 6.41. The minimum absolute atomic E-state index is 0.169. The minimum Gasteiger partial charge on any atom is -0.481 e. The summed E-state index contributed by atoms with van der Waals surface area (Å²) in [4.78, 5) is 11.1. The predicted molar refractivity (Wildman–Crippen MR) is 55.8 cm³/mol. The second-order valence-corrected chi connectivity index (χ2v) is 5.50. The fraction of sp³-hybridized carbons (Fsp3) is 0.800. The average molecular weight is 224 g/mol. The normalized spacial score (nSPS) is 18.4. The molecule has 6 nitrogen and oxygen atoms in total. The van der Waals surface area contributed by atoms with Crippen LogP contribution >= 0.6 is 0 Å². The maximum atomic E-state index is 11.1. The molecular formula is C10H16N4O2. The number of carbonyl (C=O) groups is 1. The lowest BCUT2D eigenvalue weighted by Gasteiger charge is -2.18. The van der Waals surface area contributed by atoms with Gasteiger partial charge in [-0.2, -0.15) is 0 Å². The first-order chi connectivity index (χ1) is 7.35. The van der Waals surface area contributed by atoms with E-state index >= 15 is 0 Å². The maximum Gasteiger partial charge on any atom is 0.311 e. The molecule has 1 heterocycles. The summed E-state index contributed by atoms with van der Waals surface area (Å²) >= 11 is 0. The molecule has 0 atom stereocenters. The van der Waals surface area contributed by atoms with Crippen molar-refractivity contribution in [1.82, 2.24) is 20.2 Å². The molecule has 16 heavy (non-hydrogen) atoms. The van der Waals surface area contributed by atoms with Crippen LogP contribution in [0.5, 0.6) is 0 Å². The fourth-order valence-corrected chi connectivity index (χ4v) is 1.73. The molecule has 0 amide bonds. The molecule has 0 bridgehead atoms. The number of rotatable bonds is 3. The van der Waals surface area contributed by atoms with Crippen molar-refractivity contribution >= 4 is 5.97 Å². The number of hydrogen-bond donors (Lipinski definition) is 1. The zero-order chi connectivity index (χ0) is 12.0. The topological polar surface area (TPSA) is 80.9 Å². The highest BCUT2D eigenvalue weighted by molar-refractivity contribution is 5.77. The van der Waals surface area contributed by atoms with E-state index in [4.69, 9.17) is 5.11 Å². The quantitative estimate of drug-likeness (QED) is 0.822. The largest absolute Gasteiger partial charge is 0.481 e. The van der Waals surface area contributed by atoms with Crippen molar-refractivity contribution in [3.05, 3.63) is 5.82 Å². The molecule has 1 aromatic heterocycles. The number of carboxylic acids is 1. The van der Waals surface area contributed by atoms with Crippen LogP contribution in [0.2, 0.25) is 0 Å². The lowest BCUT2D eigenvalue weighted by atomic mass is 9.95. The number of nitrogens with zero attached hydrogens (tertiary/aromatic N) is 4. The third kappa shape index (κ3) is 1.79. The highest BCUT2D eigenvalue weighted by Gasteiger charge is 2.51. The summed E-state index contributed by atoms with van der Waals surface area (Å²) in [5.74, 6) is -0.0112. The Balaban J connectivity index is 2.23. The summed E-state index contributed by atoms with van der Waals surface area (Å²) in [7, 11) is 0. The minimum atomic E-state index is -0.747. The Labute approximate surface area is 93.6 Å². The molecule has 0 aliphatic heterocycles. The molecule has 6 heteroatoms. The van der Waals surface area contributed by atoms with Crippen LogP contribution in [0.3, 0.4) is 0 Å². The Hall–Kier alpha value is -1.46. The van der Waals surface area contributed by atoms with Gasteiger partial charge in [0.25, 0.3) is 0 Å². The predicted octanol–water partition coefficient (Wildman–Crippen LogP) is 0.835. The molecule has 0 unspecified atom stereocenters. The Morgan fingerprint density at radius 2 is 2.12 bits per heavy atom. The molecule has 88 valence electrons. The molecule has 0 spiro atoms. The van der Waals surface area contributed by atoms with Gasteiger partial charge in [-0.15, -0.1) is 5.10 Å². The van der Waals surface area contributed by atoms with Gasteiger partial charge in [-0.3, -0.25) is 4.79 Å². The van der Waals surface area contributed by atoms with Gasteiger partial charge in [0.15, 0.2) is 5.82 Å². The van der Waals surface area contributed by atoms with Crippen LogP contribution < -0.4 is 0 Å². The Bertz CT molecular complexity index is 415. The first-order valence-electron chi connectivity index (χ1n) is 5.35. The van der Waals surface area contributed by atoms with Gasteiger partial charge in [-0.05, 0) is 23.3 Å². The van der Waals surface area contributed by atoms with E-state index < -0.39 is 11.4 Å². The van der Waals surface area contributed by atoms with Crippen molar-refractivity contribution in [1.29, 1.82) is 0 Å². The Morgan fingerprint density at radius 3 is 2.56 bits per heavy atom. The lowest BCUT2D eigenvalue weighted by Crippen LogP contribution is -2.27. The zero-order valence-corrected chi connectivity index (χ0v) is 9.77. The maximum absolute atomic E-state index is 11.1. The zero-order valence-electron chi connectivity index (χ0n) is 9.77. The first-order valence-corrected chi connectivity index (χ1v) is 5.35. The fourth-order valence-electron chi connectivity index (χ4n) is 1.73. The number of aliphatic carboxylic acids is 1. The van der Waals surface area contributed by atoms with Crippen molar-refractivity contribution in [2.45, 2.75) is 45.6 Å². The van der Waals surface area contributed by atoms with Crippen LogP contribution in [-0.2, 0) is 16.8 Å². The average Bonchev–Trinajstić information content (AvgIpc) is 2.74. The molecule has 1 saturated carbocycles. The van der Waals surface area contributed by atoms with Crippen molar-refractivity contribution < 1.29 is 9.90 Å². The highest BCUT2D eigenvalue weighted by Crippen LogP contribution is 2.47. The third-order valence-electron chi connectivity index (χ3n) is 2.96. The van der Waals surface area contributed by atoms with E-state index in [1.807, 2.05) is 20.8 Å². The van der Waals surface area contributed by atoms with Gasteiger partial charge in [0.2, 0.25) is 0 Å². The smallest absolute Gasteiger partial charge is 0.311 e. The SMILES string of the molecule is CC(C)(C)c1nnnn1CC1(C(=O)O)CC1. The summed E-state index contributed by atoms with van der Waals surface area (Å²) in [5, 5.41) is 20.6. The van der Waals surface area contributed by atoms with E-state index in [0.717, 1.165) is 5.82 Å². The molecule has 0 aromatic carbocycles. The van der Waals surface area contributed by atoms with Crippen molar-refractivity contribution in [3.63, 3.8) is 0 Å². The monoisotopic (exact) mass is 224 g/mol. The van der Waals surface area contributed by atoms with E-state index in [2.05, 4.69) is 15.5 Å². The Morgan fingerprint density at radius 1 is 1.50 bits per heavy atom. The van der Waals surface area contributed by atoms with Crippen LogP contribution in [0.4, 0.5) is 0 Å². The van der Waals surface area contributed by atoms with E-state index in [0.29, 0.717) is 19.4 Å². The molecule has 0 saturated heterocycles. The molecule has 1 aromatic rings. The van der Waals surface area contributed by atoms with Gasteiger partial charge < -0.3 is 5.11 Å². The van der Waals surface area contributed by atoms with Crippen LogP contribution in [0.25, 0.3) is 0 Å². The van der Waals surface area contributed by atoms with Gasteiger partial charge >= 0.3 is 5.97 Å². The molecule has 1 aliphatic rings. The van der Waals surface area contributed by atoms with Crippen molar-refractivity contribution in [2.75, 3.05) is 0 Å². The second kappa shape index (κ2) is 3.26. The van der Waals surface area contributed by atoms with Gasteiger partial charge in [-0.25, -0.2) is 4.68 Å². The third-order valence-corrected chi connectivity index (χ3v) is 2.96. The van der Waals surface area contributed by atoms with Gasteiger partial charge in [0, 0.05) is 5.41 Å². The Kier molecular flexibility index (Phi) is 2.25. The van der Waals surface area contributed by atoms with E-state index in [9.17, 15) is 4.79 Å². The van der Waals surface area contributed by atoms with E-state index in [1.165, 1.54) is 0 Å². The van der Waals surface area contributed by atoms with E-state index in [-0.39, 0.29) is 5.41 Å². The molecule has 1 N–H and O–H groups in total. The summed E-state index contributed by atoms with van der Waals surface area (Å²) in [5.41, 5.74) is -0.798. The number of tetrazole rings is 1. The van der Waals surface area contributed by atoms with Gasteiger partial charge in [-0.1, -0.05) is 20.8 Å². The van der Waals surface area contributed by atoms with Crippen LogP contribution in [0.1, 0.15) is 39.4 Å². The van der Waals surface area contributed by atoms with Crippen LogP contribution in [-0.4, -0.2) is 31.3 Å². The first kappa shape index (κ1) is 11.0. The van der Waals surface area contributed by atoms with E-state index in [1.54, 1.807) is 4.68 Å². The summed E-state index contributed by atoms with van der Waals surface area (Å²) < 4.78 is 1.63. The number of carboxylic acid groups (broad SMARTS) is 1. The molecular weight excluding hydrogens is 208 g/mol. The lowest BCUT2D eigenvalue weighted by molar-refractivity contribution is -0.144. The van der Waals surface area contributed by atoms with Gasteiger partial charge in [0.1, 0.15) is 0 Å². The standard InChI is InChI=1S/C10H16N4O2/c1-9(2,3)7-11-12-13-14(7)6-10(4-5-10)8(15)16/h4-6H2,1-3H3,(H,15,16). The second-order valence-electron chi connectivity index (χ2n) is 5.50. The van der Waals surface area contributed by atoms with Crippen molar-refractivity contribution in [2.24, 2.45) is 5.41 Å². The number of aromatic nitrogens is 4. The van der Waals surface area contributed by atoms with Crippen LogP contribution in [0, 0.1) is 5.41 Å². The van der Waals surface area contributed by atoms with Crippen LogP contribution in [0.15, 0.2) is 0 Å². The molecule has 0 radical (unpaired) electrons.